The van der Waals surface area contributed by atoms with E-state index in [0.29, 0.717) is 11.3 Å². The number of amides is 1. The molecule has 2 N–H and O–H groups in total. The van der Waals surface area contributed by atoms with Gasteiger partial charge >= 0.3 is 0 Å². The number of hydrogen-bond donors (Lipinski definition) is 2. The first kappa shape index (κ1) is 9.52. The highest BCUT2D eigenvalue weighted by molar-refractivity contribution is 6.12. The van der Waals surface area contributed by atoms with Gasteiger partial charge in [-0.2, -0.15) is 0 Å². The van der Waals surface area contributed by atoms with Gasteiger partial charge in [-0.3, -0.25) is 4.79 Å². The Balaban J connectivity index is 2.55. The summed E-state index contributed by atoms with van der Waals surface area (Å²) in [5.74, 6) is -0.112. The van der Waals surface area contributed by atoms with Crippen LogP contribution in [0.25, 0.3) is 5.70 Å². The Morgan fingerprint density at radius 3 is 2.87 bits per heavy atom. The average Bonchev–Trinajstić information content (AvgIpc) is 2.43. The molecule has 0 atom stereocenters. The molecule has 0 saturated carbocycles. The van der Waals surface area contributed by atoms with Crippen LogP contribution in [0.1, 0.15) is 22.8 Å². The SMILES string of the molecule is C=C(C)Nc1cccc2c1C(=O)NC2=C. The molecule has 0 aliphatic carbocycles. The molecule has 0 saturated heterocycles. The van der Waals surface area contributed by atoms with Crippen LogP contribution in [0.3, 0.4) is 0 Å². The zero-order valence-electron chi connectivity index (χ0n) is 8.55. The summed E-state index contributed by atoms with van der Waals surface area (Å²) in [6, 6.07) is 5.61. The van der Waals surface area contributed by atoms with Gasteiger partial charge in [0.25, 0.3) is 5.91 Å². The fourth-order valence-corrected chi connectivity index (χ4v) is 1.65. The van der Waals surface area contributed by atoms with Gasteiger partial charge in [0.1, 0.15) is 0 Å². The lowest BCUT2D eigenvalue weighted by atomic mass is 10.1. The second kappa shape index (κ2) is 3.28. The molecule has 0 fully saturated rings. The first-order valence-electron chi connectivity index (χ1n) is 4.66. The Bertz CT molecular complexity index is 475. The summed E-state index contributed by atoms with van der Waals surface area (Å²) in [6.07, 6.45) is 0. The van der Waals surface area contributed by atoms with Crippen LogP contribution < -0.4 is 10.6 Å². The molecule has 0 bridgehead atoms. The van der Waals surface area contributed by atoms with Crippen molar-refractivity contribution < 1.29 is 4.79 Å². The lowest BCUT2D eigenvalue weighted by Crippen LogP contribution is -2.13. The standard InChI is InChI=1S/C12H12N2O/c1-7(2)13-10-6-4-5-9-8(3)14-12(15)11(9)10/h4-6,13H,1,3H2,2H3,(H,14,15). The smallest absolute Gasteiger partial charge is 0.258 e. The molecule has 3 nitrogen and oxygen atoms in total. The first-order valence-corrected chi connectivity index (χ1v) is 4.66. The molecule has 3 heteroatoms. The van der Waals surface area contributed by atoms with E-state index >= 15 is 0 Å². The molecule has 2 rings (SSSR count). The van der Waals surface area contributed by atoms with E-state index < -0.39 is 0 Å². The van der Waals surface area contributed by atoms with Crippen molar-refractivity contribution in [2.75, 3.05) is 5.32 Å². The third-order valence-corrected chi connectivity index (χ3v) is 2.23. The predicted molar refractivity (Wildman–Crippen MR) is 61.4 cm³/mol. The van der Waals surface area contributed by atoms with Crippen molar-refractivity contribution in [2.24, 2.45) is 0 Å². The molecule has 1 aromatic carbocycles. The summed E-state index contributed by atoms with van der Waals surface area (Å²) < 4.78 is 0. The van der Waals surface area contributed by atoms with Crippen molar-refractivity contribution in [2.45, 2.75) is 6.92 Å². The maximum absolute atomic E-state index is 11.6. The van der Waals surface area contributed by atoms with E-state index in [2.05, 4.69) is 23.8 Å². The molecule has 0 unspecified atom stereocenters. The van der Waals surface area contributed by atoms with Gasteiger partial charge in [0.2, 0.25) is 0 Å². The Labute approximate surface area is 88.5 Å². The topological polar surface area (TPSA) is 41.1 Å². The maximum Gasteiger partial charge on any atom is 0.258 e. The number of carbonyl (C=O) groups excluding carboxylic acids is 1. The van der Waals surface area contributed by atoms with Crippen LogP contribution >= 0.6 is 0 Å². The van der Waals surface area contributed by atoms with Crippen LogP contribution in [0, 0.1) is 0 Å². The van der Waals surface area contributed by atoms with Gasteiger partial charge < -0.3 is 10.6 Å². The number of benzene rings is 1. The molecule has 0 aromatic heterocycles. The Morgan fingerprint density at radius 1 is 1.47 bits per heavy atom. The highest BCUT2D eigenvalue weighted by Crippen LogP contribution is 2.29. The van der Waals surface area contributed by atoms with Crippen LogP contribution in [0.15, 0.2) is 37.1 Å². The van der Waals surface area contributed by atoms with Gasteiger partial charge in [0, 0.05) is 17.0 Å². The predicted octanol–water partition coefficient (Wildman–Crippen LogP) is 2.35. The molecule has 1 aliphatic rings. The highest BCUT2D eigenvalue weighted by Gasteiger charge is 2.24. The van der Waals surface area contributed by atoms with Gasteiger partial charge in [0.05, 0.1) is 11.3 Å². The molecule has 1 amide bonds. The summed E-state index contributed by atoms with van der Waals surface area (Å²) in [5, 5.41) is 5.75. The van der Waals surface area contributed by atoms with E-state index in [9.17, 15) is 4.79 Å². The van der Waals surface area contributed by atoms with Crippen LogP contribution in [-0.4, -0.2) is 5.91 Å². The quantitative estimate of drug-likeness (QED) is 0.769. The van der Waals surface area contributed by atoms with Crippen molar-refractivity contribution in [3.63, 3.8) is 0 Å². The number of anilines is 1. The Morgan fingerprint density at radius 2 is 2.20 bits per heavy atom. The third kappa shape index (κ3) is 1.52. The minimum atomic E-state index is -0.112. The van der Waals surface area contributed by atoms with Crippen molar-refractivity contribution in [1.29, 1.82) is 0 Å². The monoisotopic (exact) mass is 200 g/mol. The minimum Gasteiger partial charge on any atom is -0.359 e. The summed E-state index contributed by atoms with van der Waals surface area (Å²) in [7, 11) is 0. The van der Waals surface area contributed by atoms with Crippen LogP contribution in [0.4, 0.5) is 5.69 Å². The van der Waals surface area contributed by atoms with Gasteiger partial charge in [0.15, 0.2) is 0 Å². The van der Waals surface area contributed by atoms with E-state index in [1.165, 1.54) is 0 Å². The number of hydrogen-bond acceptors (Lipinski definition) is 2. The Hall–Kier alpha value is -2.03. The fraction of sp³-hybridized carbons (Fsp3) is 0.0833. The second-order valence-corrected chi connectivity index (χ2v) is 3.57. The van der Waals surface area contributed by atoms with Gasteiger partial charge in [-0.15, -0.1) is 0 Å². The van der Waals surface area contributed by atoms with E-state index in [-0.39, 0.29) is 5.91 Å². The molecule has 1 heterocycles. The molecule has 76 valence electrons. The van der Waals surface area contributed by atoms with Gasteiger partial charge in [-0.05, 0) is 13.0 Å². The number of carbonyl (C=O) groups is 1. The van der Waals surface area contributed by atoms with Crippen molar-refractivity contribution in [3.8, 4) is 0 Å². The van der Waals surface area contributed by atoms with Crippen molar-refractivity contribution in [3.05, 3.63) is 48.2 Å². The minimum absolute atomic E-state index is 0.112. The molecule has 15 heavy (non-hydrogen) atoms. The second-order valence-electron chi connectivity index (χ2n) is 3.57. The van der Waals surface area contributed by atoms with E-state index in [1.807, 2.05) is 25.1 Å². The zero-order chi connectivity index (χ0) is 11.0. The number of nitrogens with one attached hydrogen (secondary N) is 2. The highest BCUT2D eigenvalue weighted by atomic mass is 16.2. The van der Waals surface area contributed by atoms with Gasteiger partial charge in [-0.25, -0.2) is 0 Å². The number of fused-ring (bicyclic) bond motifs is 1. The molecular weight excluding hydrogens is 188 g/mol. The Kier molecular flexibility index (Phi) is 2.08. The summed E-state index contributed by atoms with van der Waals surface area (Å²) in [6.45, 7) is 9.39. The maximum atomic E-state index is 11.6. The lowest BCUT2D eigenvalue weighted by Gasteiger charge is -2.08. The number of allylic oxidation sites excluding steroid dienone is 1. The number of rotatable bonds is 2. The van der Waals surface area contributed by atoms with Crippen molar-refractivity contribution in [1.82, 2.24) is 5.32 Å². The van der Waals surface area contributed by atoms with Crippen LogP contribution in [-0.2, 0) is 0 Å². The zero-order valence-corrected chi connectivity index (χ0v) is 8.55. The average molecular weight is 200 g/mol. The van der Waals surface area contributed by atoms with E-state index in [1.54, 1.807) is 0 Å². The first-order chi connectivity index (χ1) is 7.09. The molecule has 0 spiro atoms. The summed E-state index contributed by atoms with van der Waals surface area (Å²) in [4.78, 5) is 11.6. The van der Waals surface area contributed by atoms with Crippen LogP contribution in [0.2, 0.25) is 0 Å². The largest absolute Gasteiger partial charge is 0.359 e. The molecule has 1 aliphatic heterocycles. The van der Waals surface area contributed by atoms with Crippen LogP contribution in [0.5, 0.6) is 0 Å². The van der Waals surface area contributed by atoms with E-state index in [4.69, 9.17) is 0 Å². The van der Waals surface area contributed by atoms with Crippen molar-refractivity contribution >= 4 is 17.3 Å². The summed E-state index contributed by atoms with van der Waals surface area (Å²) in [5.41, 5.74) is 3.72. The third-order valence-electron chi connectivity index (χ3n) is 2.23. The normalized spacial score (nSPS) is 13.4. The summed E-state index contributed by atoms with van der Waals surface area (Å²) >= 11 is 0. The lowest BCUT2D eigenvalue weighted by molar-refractivity contribution is 0.0982. The molecular formula is C12H12N2O. The molecule has 0 radical (unpaired) electrons. The van der Waals surface area contributed by atoms with Gasteiger partial charge in [-0.1, -0.05) is 25.3 Å². The van der Waals surface area contributed by atoms with E-state index in [0.717, 1.165) is 16.9 Å². The fourth-order valence-electron chi connectivity index (χ4n) is 1.65. The molecule has 1 aromatic rings.